The largest absolute Gasteiger partial charge is 0.337 e. The molecule has 0 bridgehead atoms. The van der Waals surface area contributed by atoms with Crippen LogP contribution in [0.25, 0.3) is 0 Å². The molecule has 1 fully saturated rings. The maximum atomic E-state index is 13.3. The Balaban J connectivity index is 2.20. The molecule has 2 heterocycles. The number of pyridine rings is 1. The predicted octanol–water partition coefficient (Wildman–Crippen LogP) is 0.564. The number of nitrogens with zero attached hydrogens (tertiary/aromatic N) is 2. The second kappa shape index (κ2) is 4.87. The number of aromatic nitrogens is 1. The van der Waals surface area contributed by atoms with Crippen LogP contribution in [0.3, 0.4) is 0 Å². The lowest BCUT2D eigenvalue weighted by atomic mass is 10.2. The van der Waals surface area contributed by atoms with E-state index in [4.69, 9.17) is 0 Å². The van der Waals surface area contributed by atoms with Crippen LogP contribution in [0, 0.1) is 11.8 Å². The lowest BCUT2D eigenvalue weighted by Crippen LogP contribution is -2.42. The highest BCUT2D eigenvalue weighted by Crippen LogP contribution is 2.13. The standard InChI is InChI=1S/C10H10F2N2O2S/c11-8-7(1-2-13-9(8)12)10(15)14-3-5-17(16)6-4-14/h1-2H,3-6H2. The molecule has 1 aromatic rings. The number of amides is 1. The highest BCUT2D eigenvalue weighted by atomic mass is 32.2. The van der Waals surface area contributed by atoms with Gasteiger partial charge in [-0.15, -0.1) is 0 Å². The Labute approximate surface area is 99.1 Å². The van der Waals surface area contributed by atoms with Crippen LogP contribution in [0.4, 0.5) is 8.78 Å². The summed E-state index contributed by atoms with van der Waals surface area (Å²) in [6, 6.07) is 1.15. The monoisotopic (exact) mass is 260 g/mol. The smallest absolute Gasteiger partial charge is 0.257 e. The summed E-state index contributed by atoms with van der Waals surface area (Å²) in [5.41, 5.74) is -0.329. The second-order valence-electron chi connectivity index (χ2n) is 3.60. The Kier molecular flexibility index (Phi) is 3.46. The van der Waals surface area contributed by atoms with Crippen molar-refractivity contribution in [3.05, 3.63) is 29.6 Å². The Morgan fingerprint density at radius 2 is 2.00 bits per heavy atom. The second-order valence-corrected chi connectivity index (χ2v) is 5.30. The minimum Gasteiger partial charge on any atom is -0.337 e. The van der Waals surface area contributed by atoms with E-state index in [1.165, 1.54) is 4.90 Å². The third-order valence-electron chi connectivity index (χ3n) is 2.54. The number of carbonyl (C=O) groups is 1. The van der Waals surface area contributed by atoms with E-state index in [9.17, 15) is 17.8 Å². The summed E-state index contributed by atoms with van der Waals surface area (Å²) in [5.74, 6) is -2.34. The third kappa shape index (κ3) is 2.49. The van der Waals surface area contributed by atoms with Gasteiger partial charge in [0.05, 0.1) is 5.56 Å². The zero-order valence-electron chi connectivity index (χ0n) is 8.86. The van der Waals surface area contributed by atoms with Crippen LogP contribution in [-0.4, -0.2) is 44.6 Å². The van der Waals surface area contributed by atoms with Crippen LogP contribution in [-0.2, 0) is 10.8 Å². The highest BCUT2D eigenvalue weighted by Gasteiger charge is 2.24. The van der Waals surface area contributed by atoms with E-state index in [-0.39, 0.29) is 5.56 Å². The Morgan fingerprint density at radius 1 is 1.35 bits per heavy atom. The average molecular weight is 260 g/mol. The van der Waals surface area contributed by atoms with E-state index >= 15 is 0 Å². The predicted molar refractivity (Wildman–Crippen MR) is 57.9 cm³/mol. The summed E-state index contributed by atoms with van der Waals surface area (Å²) in [4.78, 5) is 16.4. The summed E-state index contributed by atoms with van der Waals surface area (Å²) in [6.07, 6.45) is 1.05. The summed E-state index contributed by atoms with van der Waals surface area (Å²) < 4.78 is 37.3. The van der Waals surface area contributed by atoms with E-state index in [0.29, 0.717) is 24.6 Å². The van der Waals surface area contributed by atoms with Crippen molar-refractivity contribution < 1.29 is 17.8 Å². The molecule has 2 rings (SSSR count). The molecule has 0 aromatic carbocycles. The van der Waals surface area contributed by atoms with Crippen LogP contribution in [0.5, 0.6) is 0 Å². The molecule has 0 unspecified atom stereocenters. The van der Waals surface area contributed by atoms with Gasteiger partial charge >= 0.3 is 0 Å². The molecule has 1 saturated heterocycles. The van der Waals surface area contributed by atoms with E-state index < -0.39 is 28.5 Å². The van der Waals surface area contributed by atoms with Crippen molar-refractivity contribution in [2.24, 2.45) is 0 Å². The van der Waals surface area contributed by atoms with Gasteiger partial charge in [-0.2, -0.15) is 4.39 Å². The summed E-state index contributed by atoms with van der Waals surface area (Å²) in [5, 5.41) is 0. The number of hydrogen-bond donors (Lipinski definition) is 0. The zero-order valence-corrected chi connectivity index (χ0v) is 9.67. The Bertz CT molecular complexity index is 471. The molecule has 92 valence electrons. The van der Waals surface area contributed by atoms with Crippen molar-refractivity contribution in [2.75, 3.05) is 24.6 Å². The molecule has 0 atom stereocenters. The van der Waals surface area contributed by atoms with Gasteiger partial charge in [0.2, 0.25) is 5.95 Å². The Hall–Kier alpha value is -1.37. The lowest BCUT2D eigenvalue weighted by molar-refractivity contribution is 0.0765. The van der Waals surface area contributed by atoms with Crippen molar-refractivity contribution in [3.63, 3.8) is 0 Å². The van der Waals surface area contributed by atoms with Gasteiger partial charge in [-0.3, -0.25) is 9.00 Å². The third-order valence-corrected chi connectivity index (χ3v) is 3.82. The highest BCUT2D eigenvalue weighted by molar-refractivity contribution is 7.85. The number of rotatable bonds is 1. The molecular formula is C10H10F2N2O2S. The maximum Gasteiger partial charge on any atom is 0.257 e. The lowest BCUT2D eigenvalue weighted by Gasteiger charge is -2.26. The van der Waals surface area contributed by atoms with Gasteiger partial charge < -0.3 is 4.90 Å². The minimum atomic E-state index is -1.28. The first kappa shape index (κ1) is 12.1. The molecule has 7 heteroatoms. The molecule has 17 heavy (non-hydrogen) atoms. The fraction of sp³-hybridized carbons (Fsp3) is 0.400. The quantitative estimate of drug-likeness (QED) is 0.693. The first-order valence-electron chi connectivity index (χ1n) is 5.04. The SMILES string of the molecule is O=C(c1ccnc(F)c1F)N1CCS(=O)CC1. The first-order chi connectivity index (χ1) is 8.09. The van der Waals surface area contributed by atoms with Gasteiger partial charge in [-0.05, 0) is 6.07 Å². The van der Waals surface area contributed by atoms with Crippen molar-refractivity contribution in [1.82, 2.24) is 9.88 Å². The fourth-order valence-corrected chi connectivity index (χ4v) is 2.65. The van der Waals surface area contributed by atoms with E-state index in [1.807, 2.05) is 0 Å². The van der Waals surface area contributed by atoms with Gasteiger partial charge in [0.25, 0.3) is 5.91 Å². The number of carbonyl (C=O) groups excluding carboxylic acids is 1. The molecule has 4 nitrogen and oxygen atoms in total. The van der Waals surface area contributed by atoms with Crippen LogP contribution < -0.4 is 0 Å². The van der Waals surface area contributed by atoms with Gasteiger partial charge in [-0.25, -0.2) is 9.37 Å². The molecule has 0 spiro atoms. The van der Waals surface area contributed by atoms with Gasteiger partial charge in [0.15, 0.2) is 5.82 Å². The first-order valence-corrected chi connectivity index (χ1v) is 6.52. The van der Waals surface area contributed by atoms with Crippen LogP contribution in [0.2, 0.25) is 0 Å². The van der Waals surface area contributed by atoms with Crippen molar-refractivity contribution in [3.8, 4) is 0 Å². The van der Waals surface area contributed by atoms with Gasteiger partial charge in [0.1, 0.15) is 0 Å². The van der Waals surface area contributed by atoms with Gasteiger partial charge in [-0.1, -0.05) is 0 Å². The maximum absolute atomic E-state index is 13.3. The van der Waals surface area contributed by atoms with Crippen molar-refractivity contribution >= 4 is 16.7 Å². The van der Waals surface area contributed by atoms with Crippen LogP contribution in [0.15, 0.2) is 12.3 Å². The molecule has 1 aliphatic rings. The zero-order chi connectivity index (χ0) is 12.4. The topological polar surface area (TPSA) is 50.3 Å². The molecule has 0 saturated carbocycles. The normalized spacial score (nSPS) is 17.2. The van der Waals surface area contributed by atoms with E-state index in [1.54, 1.807) is 0 Å². The minimum absolute atomic E-state index is 0.300. The molecule has 1 aliphatic heterocycles. The molecule has 0 radical (unpaired) electrons. The number of hydrogen-bond acceptors (Lipinski definition) is 3. The average Bonchev–Trinajstić information content (AvgIpc) is 2.33. The number of halogens is 2. The van der Waals surface area contributed by atoms with E-state index in [2.05, 4.69) is 4.98 Å². The molecule has 1 amide bonds. The summed E-state index contributed by atoms with van der Waals surface area (Å²) in [6.45, 7) is 0.601. The molecule has 0 aliphatic carbocycles. The fourth-order valence-electron chi connectivity index (χ4n) is 1.59. The van der Waals surface area contributed by atoms with Crippen molar-refractivity contribution in [2.45, 2.75) is 0 Å². The van der Waals surface area contributed by atoms with Crippen LogP contribution in [0.1, 0.15) is 10.4 Å². The van der Waals surface area contributed by atoms with Crippen LogP contribution >= 0.6 is 0 Å². The summed E-state index contributed by atoms with van der Waals surface area (Å²) in [7, 11) is -0.918. The Morgan fingerprint density at radius 3 is 2.65 bits per heavy atom. The summed E-state index contributed by atoms with van der Waals surface area (Å²) >= 11 is 0. The molecular weight excluding hydrogens is 250 g/mol. The molecule has 1 aromatic heterocycles. The molecule has 0 N–H and O–H groups in total. The van der Waals surface area contributed by atoms with E-state index in [0.717, 1.165) is 12.3 Å². The van der Waals surface area contributed by atoms with Crippen molar-refractivity contribution in [1.29, 1.82) is 0 Å². The van der Waals surface area contributed by atoms with Gasteiger partial charge in [0, 0.05) is 41.6 Å².